The molecule has 0 atom stereocenters. The Morgan fingerprint density at radius 1 is 1.21 bits per heavy atom. The Labute approximate surface area is 110 Å². The van der Waals surface area contributed by atoms with Gasteiger partial charge in [0, 0.05) is 12.1 Å². The Morgan fingerprint density at radius 3 is 2.53 bits per heavy atom. The Kier molecular flexibility index (Phi) is 3.33. The standard InChI is InChI=1S/C9H8N6O3S/c10-5-1-4(15(17)18)2-8(12-5)19-9-13-6(11)3-7(16)14-9/h1-3H,(H2,10,12)(H3,11,13,14,16). The van der Waals surface area contributed by atoms with Crippen molar-refractivity contribution < 1.29 is 4.92 Å². The van der Waals surface area contributed by atoms with Crippen LogP contribution in [-0.2, 0) is 0 Å². The SMILES string of the molecule is Nc1cc([N+](=O)[O-])cc(Sc2nc(N)cc(=O)[nH]2)n1. The summed E-state index contributed by atoms with van der Waals surface area (Å²) in [6, 6.07) is 3.49. The van der Waals surface area contributed by atoms with E-state index in [1.54, 1.807) is 0 Å². The second-order valence-electron chi connectivity index (χ2n) is 3.42. The van der Waals surface area contributed by atoms with Crippen LogP contribution >= 0.6 is 11.8 Å². The number of rotatable bonds is 3. The molecule has 0 saturated heterocycles. The van der Waals surface area contributed by atoms with Crippen LogP contribution in [0.4, 0.5) is 17.3 Å². The molecule has 0 saturated carbocycles. The average Bonchev–Trinajstić information content (AvgIpc) is 2.26. The molecule has 0 aromatic carbocycles. The number of nitrogens with one attached hydrogen (secondary N) is 1. The van der Waals surface area contributed by atoms with Crippen LogP contribution in [-0.4, -0.2) is 19.9 Å². The second kappa shape index (κ2) is 4.94. The number of nitro groups is 1. The highest BCUT2D eigenvalue weighted by Crippen LogP contribution is 2.27. The molecule has 0 aliphatic heterocycles. The third-order valence-electron chi connectivity index (χ3n) is 1.96. The minimum absolute atomic E-state index is 0.00273. The number of nitrogens with two attached hydrogens (primary N) is 2. The Hall–Kier alpha value is -2.62. The predicted octanol–water partition coefficient (Wildman–Crippen LogP) is 0.389. The van der Waals surface area contributed by atoms with Crippen molar-refractivity contribution in [3.63, 3.8) is 0 Å². The molecule has 0 radical (unpaired) electrons. The molecular formula is C9H8N6O3S. The maximum absolute atomic E-state index is 11.2. The highest BCUT2D eigenvalue weighted by Gasteiger charge is 2.12. The number of anilines is 2. The van der Waals surface area contributed by atoms with Crippen LogP contribution in [0, 0.1) is 10.1 Å². The van der Waals surface area contributed by atoms with Crippen molar-refractivity contribution in [1.29, 1.82) is 0 Å². The van der Waals surface area contributed by atoms with Gasteiger partial charge in [0.15, 0.2) is 5.16 Å². The first kappa shape index (κ1) is 12.8. The van der Waals surface area contributed by atoms with Crippen LogP contribution in [0.1, 0.15) is 0 Å². The fourth-order valence-corrected chi connectivity index (χ4v) is 2.10. The predicted molar refractivity (Wildman–Crippen MR) is 68.7 cm³/mol. The Balaban J connectivity index is 2.37. The molecule has 2 rings (SSSR count). The number of nitrogens with zero attached hydrogens (tertiary/aromatic N) is 3. The van der Waals surface area contributed by atoms with E-state index in [2.05, 4.69) is 15.0 Å². The molecule has 19 heavy (non-hydrogen) atoms. The molecule has 9 nitrogen and oxygen atoms in total. The number of aromatic nitrogens is 3. The minimum Gasteiger partial charge on any atom is -0.383 e. The first-order valence-electron chi connectivity index (χ1n) is 4.90. The van der Waals surface area contributed by atoms with Gasteiger partial charge in [0.1, 0.15) is 16.7 Å². The topological polar surface area (TPSA) is 154 Å². The fourth-order valence-electron chi connectivity index (χ4n) is 1.27. The average molecular weight is 280 g/mol. The Morgan fingerprint density at radius 2 is 1.89 bits per heavy atom. The lowest BCUT2D eigenvalue weighted by atomic mass is 10.4. The first-order chi connectivity index (χ1) is 8.94. The van der Waals surface area contributed by atoms with Gasteiger partial charge < -0.3 is 16.5 Å². The van der Waals surface area contributed by atoms with Gasteiger partial charge in [-0.1, -0.05) is 0 Å². The summed E-state index contributed by atoms with van der Waals surface area (Å²) < 4.78 is 0. The molecule has 0 fully saturated rings. The van der Waals surface area contributed by atoms with Crippen LogP contribution in [0.15, 0.2) is 33.2 Å². The zero-order valence-corrected chi connectivity index (χ0v) is 10.2. The number of nitrogen functional groups attached to an aromatic ring is 2. The summed E-state index contributed by atoms with van der Waals surface area (Å²) in [6.07, 6.45) is 0. The molecule has 2 heterocycles. The van der Waals surface area contributed by atoms with Gasteiger partial charge in [0.25, 0.3) is 11.2 Å². The van der Waals surface area contributed by atoms with Crippen molar-refractivity contribution in [2.24, 2.45) is 0 Å². The largest absolute Gasteiger partial charge is 0.383 e. The molecule has 10 heteroatoms. The number of hydrogen-bond acceptors (Lipinski definition) is 8. The highest BCUT2D eigenvalue weighted by molar-refractivity contribution is 7.99. The van der Waals surface area contributed by atoms with Gasteiger partial charge in [0.05, 0.1) is 11.0 Å². The van der Waals surface area contributed by atoms with Crippen LogP contribution in [0.3, 0.4) is 0 Å². The summed E-state index contributed by atoms with van der Waals surface area (Å²) >= 11 is 0.919. The Bertz CT molecular complexity index is 701. The van der Waals surface area contributed by atoms with E-state index in [9.17, 15) is 14.9 Å². The second-order valence-corrected chi connectivity index (χ2v) is 4.43. The quantitative estimate of drug-likeness (QED) is 0.414. The lowest BCUT2D eigenvalue weighted by Gasteiger charge is -2.02. The van der Waals surface area contributed by atoms with Gasteiger partial charge in [-0.3, -0.25) is 14.9 Å². The molecule has 5 N–H and O–H groups in total. The summed E-state index contributed by atoms with van der Waals surface area (Å²) in [5, 5.41) is 11.1. The molecule has 0 bridgehead atoms. The van der Waals surface area contributed by atoms with Crippen molar-refractivity contribution in [3.8, 4) is 0 Å². The molecule has 0 spiro atoms. The summed E-state index contributed by atoms with van der Waals surface area (Å²) in [5.41, 5.74) is 10.3. The van der Waals surface area contributed by atoms with Crippen molar-refractivity contribution in [2.45, 2.75) is 10.2 Å². The molecule has 98 valence electrons. The minimum atomic E-state index is -0.586. The van der Waals surface area contributed by atoms with Crippen LogP contribution in [0.2, 0.25) is 0 Å². The van der Waals surface area contributed by atoms with Crippen molar-refractivity contribution in [3.05, 3.63) is 38.7 Å². The summed E-state index contributed by atoms with van der Waals surface area (Å²) in [4.78, 5) is 31.5. The van der Waals surface area contributed by atoms with Crippen molar-refractivity contribution in [2.75, 3.05) is 11.5 Å². The van der Waals surface area contributed by atoms with E-state index in [-0.39, 0.29) is 27.5 Å². The third-order valence-corrected chi connectivity index (χ3v) is 2.76. The van der Waals surface area contributed by atoms with Gasteiger partial charge in [-0.05, 0) is 11.8 Å². The van der Waals surface area contributed by atoms with E-state index < -0.39 is 10.5 Å². The smallest absolute Gasteiger partial charge is 0.275 e. The van der Waals surface area contributed by atoms with Gasteiger partial charge >= 0.3 is 0 Å². The lowest BCUT2D eigenvalue weighted by molar-refractivity contribution is -0.385. The van der Waals surface area contributed by atoms with Crippen LogP contribution in [0.25, 0.3) is 0 Å². The van der Waals surface area contributed by atoms with Crippen molar-refractivity contribution in [1.82, 2.24) is 15.0 Å². The van der Waals surface area contributed by atoms with Crippen LogP contribution < -0.4 is 17.0 Å². The molecule has 0 unspecified atom stereocenters. The van der Waals surface area contributed by atoms with Crippen molar-refractivity contribution >= 4 is 29.1 Å². The molecular weight excluding hydrogens is 272 g/mol. The van der Waals surface area contributed by atoms with E-state index in [0.717, 1.165) is 23.9 Å². The molecule has 2 aromatic rings. The monoisotopic (exact) mass is 280 g/mol. The maximum atomic E-state index is 11.2. The summed E-state index contributed by atoms with van der Waals surface area (Å²) in [7, 11) is 0. The molecule has 0 aliphatic carbocycles. The summed E-state index contributed by atoms with van der Waals surface area (Å²) in [6.45, 7) is 0. The van der Waals surface area contributed by atoms with Gasteiger partial charge in [0.2, 0.25) is 0 Å². The zero-order chi connectivity index (χ0) is 14.0. The van der Waals surface area contributed by atoms with Gasteiger partial charge in [-0.15, -0.1) is 0 Å². The fraction of sp³-hybridized carbons (Fsp3) is 0. The molecule has 0 amide bonds. The summed E-state index contributed by atoms with van der Waals surface area (Å²) in [5.74, 6) is 0.0487. The lowest BCUT2D eigenvalue weighted by Crippen LogP contribution is -2.09. The van der Waals surface area contributed by atoms with E-state index >= 15 is 0 Å². The normalized spacial score (nSPS) is 10.3. The maximum Gasteiger partial charge on any atom is 0.275 e. The zero-order valence-electron chi connectivity index (χ0n) is 9.36. The first-order valence-corrected chi connectivity index (χ1v) is 5.72. The third kappa shape index (κ3) is 3.19. The van der Waals surface area contributed by atoms with E-state index in [4.69, 9.17) is 11.5 Å². The van der Waals surface area contributed by atoms with E-state index in [0.29, 0.717) is 0 Å². The number of H-pyrrole nitrogens is 1. The van der Waals surface area contributed by atoms with Gasteiger partial charge in [-0.25, -0.2) is 9.97 Å². The van der Waals surface area contributed by atoms with E-state index in [1.807, 2.05) is 0 Å². The number of hydrogen-bond donors (Lipinski definition) is 3. The molecule has 0 aliphatic rings. The number of pyridine rings is 1. The van der Waals surface area contributed by atoms with E-state index in [1.165, 1.54) is 6.07 Å². The number of aromatic amines is 1. The van der Waals surface area contributed by atoms with Gasteiger partial charge in [-0.2, -0.15) is 0 Å². The molecule has 2 aromatic heterocycles. The highest BCUT2D eigenvalue weighted by atomic mass is 32.2. The van der Waals surface area contributed by atoms with Crippen LogP contribution in [0.5, 0.6) is 0 Å².